The Kier molecular flexibility index (Phi) is 5.20. The predicted molar refractivity (Wildman–Crippen MR) is 81.0 cm³/mol. The molecule has 0 radical (unpaired) electrons. The average Bonchev–Trinajstić information content (AvgIpc) is 2.43. The SMILES string of the molecule is CNC(Cc1ccncc1)Cc1cc(Cl)ccc1Cl. The van der Waals surface area contributed by atoms with Gasteiger partial charge in [-0.15, -0.1) is 0 Å². The van der Waals surface area contributed by atoms with Crippen molar-refractivity contribution in [1.29, 1.82) is 0 Å². The van der Waals surface area contributed by atoms with Crippen molar-refractivity contribution in [2.45, 2.75) is 18.9 Å². The third-order valence-electron chi connectivity index (χ3n) is 3.11. The van der Waals surface area contributed by atoms with Gasteiger partial charge in [-0.1, -0.05) is 23.2 Å². The number of nitrogens with one attached hydrogen (secondary N) is 1. The Morgan fingerprint density at radius 1 is 1.11 bits per heavy atom. The molecule has 0 spiro atoms. The maximum absolute atomic E-state index is 6.20. The Balaban J connectivity index is 2.09. The predicted octanol–water partition coefficient (Wildman–Crippen LogP) is 3.76. The van der Waals surface area contributed by atoms with Gasteiger partial charge in [0, 0.05) is 28.5 Å². The summed E-state index contributed by atoms with van der Waals surface area (Å²) in [6, 6.07) is 9.97. The molecule has 100 valence electrons. The molecule has 1 unspecified atom stereocenters. The molecule has 1 N–H and O–H groups in total. The monoisotopic (exact) mass is 294 g/mol. The highest BCUT2D eigenvalue weighted by atomic mass is 35.5. The molecule has 2 aromatic rings. The Morgan fingerprint density at radius 3 is 2.53 bits per heavy atom. The molecule has 0 amide bonds. The lowest BCUT2D eigenvalue weighted by atomic mass is 10.00. The van der Waals surface area contributed by atoms with Crippen molar-refractivity contribution in [2.75, 3.05) is 7.05 Å². The molecule has 0 aliphatic rings. The fraction of sp³-hybridized carbons (Fsp3) is 0.267. The van der Waals surface area contributed by atoms with Gasteiger partial charge in [0.25, 0.3) is 0 Å². The van der Waals surface area contributed by atoms with Crippen molar-refractivity contribution in [3.63, 3.8) is 0 Å². The summed E-state index contributed by atoms with van der Waals surface area (Å²) in [6.07, 6.45) is 5.41. The molecular weight excluding hydrogens is 279 g/mol. The first-order chi connectivity index (χ1) is 9.19. The highest BCUT2D eigenvalue weighted by molar-refractivity contribution is 6.33. The number of halogens is 2. The molecular formula is C15H16Cl2N2. The second-order valence-electron chi connectivity index (χ2n) is 4.49. The van der Waals surface area contributed by atoms with Crippen LogP contribution in [0, 0.1) is 0 Å². The number of pyridine rings is 1. The summed E-state index contributed by atoms with van der Waals surface area (Å²) < 4.78 is 0. The number of aromatic nitrogens is 1. The van der Waals surface area contributed by atoms with Gasteiger partial charge in [0.05, 0.1) is 0 Å². The molecule has 0 saturated carbocycles. The Hall–Kier alpha value is -1.09. The van der Waals surface area contributed by atoms with Gasteiger partial charge in [-0.3, -0.25) is 4.98 Å². The fourth-order valence-corrected chi connectivity index (χ4v) is 2.43. The quantitative estimate of drug-likeness (QED) is 0.908. The highest BCUT2D eigenvalue weighted by Crippen LogP contribution is 2.22. The number of benzene rings is 1. The van der Waals surface area contributed by atoms with Crippen LogP contribution in [0.2, 0.25) is 10.0 Å². The van der Waals surface area contributed by atoms with Crippen LogP contribution in [0.4, 0.5) is 0 Å². The Bertz CT molecular complexity index is 529. The van der Waals surface area contributed by atoms with E-state index in [0.29, 0.717) is 6.04 Å². The molecule has 19 heavy (non-hydrogen) atoms. The minimum Gasteiger partial charge on any atom is -0.316 e. The molecule has 0 aliphatic heterocycles. The summed E-state index contributed by atoms with van der Waals surface area (Å²) in [4.78, 5) is 4.03. The number of rotatable bonds is 5. The Labute approximate surface area is 123 Å². The number of hydrogen-bond acceptors (Lipinski definition) is 2. The summed E-state index contributed by atoms with van der Waals surface area (Å²) >= 11 is 12.2. The Morgan fingerprint density at radius 2 is 1.84 bits per heavy atom. The number of hydrogen-bond donors (Lipinski definition) is 1. The van der Waals surface area contributed by atoms with E-state index in [1.54, 1.807) is 0 Å². The minimum atomic E-state index is 0.318. The van der Waals surface area contributed by atoms with Crippen molar-refractivity contribution in [3.05, 3.63) is 63.9 Å². The molecule has 1 aromatic carbocycles. The van der Waals surface area contributed by atoms with Gasteiger partial charge in [0.15, 0.2) is 0 Å². The lowest BCUT2D eigenvalue weighted by Crippen LogP contribution is -2.30. The second kappa shape index (κ2) is 6.90. The van der Waals surface area contributed by atoms with Crippen LogP contribution < -0.4 is 5.32 Å². The van der Waals surface area contributed by atoms with Crippen LogP contribution in [-0.2, 0) is 12.8 Å². The third kappa shape index (κ3) is 4.20. The summed E-state index contributed by atoms with van der Waals surface area (Å²) in [5.74, 6) is 0. The van der Waals surface area contributed by atoms with Gasteiger partial charge in [-0.05, 0) is 61.3 Å². The van der Waals surface area contributed by atoms with Gasteiger partial charge in [-0.2, -0.15) is 0 Å². The van der Waals surface area contributed by atoms with Crippen LogP contribution in [0.5, 0.6) is 0 Å². The lowest BCUT2D eigenvalue weighted by molar-refractivity contribution is 0.556. The second-order valence-corrected chi connectivity index (χ2v) is 5.33. The van der Waals surface area contributed by atoms with Crippen LogP contribution >= 0.6 is 23.2 Å². The van der Waals surface area contributed by atoms with E-state index >= 15 is 0 Å². The van der Waals surface area contributed by atoms with Crippen molar-refractivity contribution in [1.82, 2.24) is 10.3 Å². The third-order valence-corrected chi connectivity index (χ3v) is 3.72. The molecule has 0 aliphatic carbocycles. The van der Waals surface area contributed by atoms with E-state index in [2.05, 4.69) is 10.3 Å². The average molecular weight is 295 g/mol. The van der Waals surface area contributed by atoms with E-state index in [4.69, 9.17) is 23.2 Å². The zero-order valence-electron chi connectivity index (χ0n) is 10.7. The van der Waals surface area contributed by atoms with E-state index in [-0.39, 0.29) is 0 Å². The van der Waals surface area contributed by atoms with E-state index in [9.17, 15) is 0 Å². The largest absolute Gasteiger partial charge is 0.316 e. The maximum Gasteiger partial charge on any atom is 0.0439 e. The van der Waals surface area contributed by atoms with Crippen LogP contribution in [-0.4, -0.2) is 18.1 Å². The molecule has 1 atom stereocenters. The van der Waals surface area contributed by atoms with Crippen molar-refractivity contribution in [3.8, 4) is 0 Å². The first-order valence-electron chi connectivity index (χ1n) is 6.19. The zero-order chi connectivity index (χ0) is 13.7. The maximum atomic E-state index is 6.20. The van der Waals surface area contributed by atoms with Crippen LogP contribution in [0.15, 0.2) is 42.7 Å². The molecule has 1 aromatic heterocycles. The van der Waals surface area contributed by atoms with Crippen LogP contribution in [0.3, 0.4) is 0 Å². The van der Waals surface area contributed by atoms with Gasteiger partial charge in [-0.25, -0.2) is 0 Å². The normalized spacial score (nSPS) is 12.4. The summed E-state index contributed by atoms with van der Waals surface area (Å²) in [6.45, 7) is 0. The first kappa shape index (κ1) is 14.3. The van der Waals surface area contributed by atoms with E-state index in [0.717, 1.165) is 28.5 Å². The molecule has 0 fully saturated rings. The molecule has 1 heterocycles. The zero-order valence-corrected chi connectivity index (χ0v) is 12.2. The highest BCUT2D eigenvalue weighted by Gasteiger charge is 2.11. The molecule has 0 bridgehead atoms. The van der Waals surface area contributed by atoms with Crippen LogP contribution in [0.1, 0.15) is 11.1 Å². The fourth-order valence-electron chi connectivity index (χ4n) is 2.04. The molecule has 2 nitrogen and oxygen atoms in total. The first-order valence-corrected chi connectivity index (χ1v) is 6.94. The standard InChI is InChI=1S/C15H16Cl2N2/c1-18-14(8-11-4-6-19-7-5-11)10-12-9-13(16)2-3-15(12)17/h2-7,9,14,18H,8,10H2,1H3. The summed E-state index contributed by atoms with van der Waals surface area (Å²) in [5, 5.41) is 4.81. The van der Waals surface area contributed by atoms with Gasteiger partial charge in [0.1, 0.15) is 0 Å². The van der Waals surface area contributed by atoms with Crippen LogP contribution in [0.25, 0.3) is 0 Å². The smallest absolute Gasteiger partial charge is 0.0439 e. The molecule has 2 rings (SSSR count). The molecule has 0 saturated heterocycles. The minimum absolute atomic E-state index is 0.318. The van der Waals surface area contributed by atoms with E-state index in [1.807, 2.05) is 49.8 Å². The topological polar surface area (TPSA) is 24.9 Å². The number of likely N-dealkylation sites (N-methyl/N-ethyl adjacent to an activating group) is 1. The lowest BCUT2D eigenvalue weighted by Gasteiger charge is -2.17. The van der Waals surface area contributed by atoms with Gasteiger partial charge < -0.3 is 5.32 Å². The molecule has 4 heteroatoms. The van der Waals surface area contributed by atoms with E-state index < -0.39 is 0 Å². The van der Waals surface area contributed by atoms with Gasteiger partial charge in [0.2, 0.25) is 0 Å². The summed E-state index contributed by atoms with van der Waals surface area (Å²) in [7, 11) is 1.96. The van der Waals surface area contributed by atoms with E-state index in [1.165, 1.54) is 5.56 Å². The summed E-state index contributed by atoms with van der Waals surface area (Å²) in [5.41, 5.74) is 2.33. The van der Waals surface area contributed by atoms with Gasteiger partial charge >= 0.3 is 0 Å². The number of nitrogens with zero attached hydrogens (tertiary/aromatic N) is 1. The van der Waals surface area contributed by atoms with Crippen molar-refractivity contribution >= 4 is 23.2 Å². The van der Waals surface area contributed by atoms with Crippen molar-refractivity contribution < 1.29 is 0 Å². The van der Waals surface area contributed by atoms with Crippen molar-refractivity contribution in [2.24, 2.45) is 0 Å².